The summed E-state index contributed by atoms with van der Waals surface area (Å²) in [5.74, 6) is 0. The molecule has 4 heteroatoms. The highest BCUT2D eigenvalue weighted by Crippen LogP contribution is 1.89. The zero-order valence-corrected chi connectivity index (χ0v) is 7.41. The Morgan fingerprint density at radius 1 is 1.50 bits per heavy atom. The fourth-order valence-corrected chi connectivity index (χ4v) is 0.511. The minimum absolute atomic E-state index is 0.143. The van der Waals surface area contributed by atoms with E-state index in [0.717, 1.165) is 6.26 Å². The standard InChI is InChI=1S/C8H14O4/c1-4-10-8(9)12-6-5-11-7(2)3/h4,7H,1,5-6H2,2-3H3. The lowest BCUT2D eigenvalue weighted by atomic mass is 10.5. The van der Waals surface area contributed by atoms with Crippen LogP contribution in [0.1, 0.15) is 13.8 Å². The van der Waals surface area contributed by atoms with Gasteiger partial charge in [0.15, 0.2) is 0 Å². The third-order valence-electron chi connectivity index (χ3n) is 0.934. The maximum Gasteiger partial charge on any atom is 0.513 e. The van der Waals surface area contributed by atoms with E-state index in [4.69, 9.17) is 4.74 Å². The summed E-state index contributed by atoms with van der Waals surface area (Å²) in [4.78, 5) is 10.5. The summed E-state index contributed by atoms with van der Waals surface area (Å²) >= 11 is 0. The molecular formula is C8H14O4. The molecule has 0 saturated heterocycles. The lowest BCUT2D eigenvalue weighted by molar-refractivity contribution is 0.0225. The van der Waals surface area contributed by atoms with Crippen molar-refractivity contribution in [1.82, 2.24) is 0 Å². The Kier molecular flexibility index (Phi) is 6.09. The third-order valence-corrected chi connectivity index (χ3v) is 0.934. The molecule has 70 valence electrons. The Labute approximate surface area is 72.1 Å². The molecule has 0 aromatic heterocycles. The predicted molar refractivity (Wildman–Crippen MR) is 43.7 cm³/mol. The molecule has 12 heavy (non-hydrogen) atoms. The molecule has 0 rings (SSSR count). The van der Waals surface area contributed by atoms with Crippen LogP contribution in [0.3, 0.4) is 0 Å². The van der Waals surface area contributed by atoms with Crippen molar-refractivity contribution in [3.8, 4) is 0 Å². The van der Waals surface area contributed by atoms with Gasteiger partial charge in [0, 0.05) is 0 Å². The highest BCUT2D eigenvalue weighted by molar-refractivity contribution is 5.60. The largest absolute Gasteiger partial charge is 0.513 e. The van der Waals surface area contributed by atoms with E-state index in [9.17, 15) is 4.79 Å². The Balaban J connectivity index is 3.19. The summed E-state index contributed by atoms with van der Waals surface area (Å²) < 4.78 is 14.0. The van der Waals surface area contributed by atoms with E-state index in [0.29, 0.717) is 6.61 Å². The predicted octanol–water partition coefficient (Wildman–Crippen LogP) is 1.71. The number of rotatable bonds is 5. The Morgan fingerprint density at radius 2 is 2.17 bits per heavy atom. The van der Waals surface area contributed by atoms with Gasteiger partial charge in [0.1, 0.15) is 6.61 Å². The molecule has 0 saturated carbocycles. The average Bonchev–Trinajstić information content (AvgIpc) is 1.98. The van der Waals surface area contributed by atoms with E-state index in [1.807, 2.05) is 13.8 Å². The van der Waals surface area contributed by atoms with E-state index in [1.165, 1.54) is 0 Å². The van der Waals surface area contributed by atoms with Crippen molar-refractivity contribution in [2.75, 3.05) is 13.2 Å². The van der Waals surface area contributed by atoms with Gasteiger partial charge in [-0.05, 0) is 13.8 Å². The number of carbonyl (C=O) groups is 1. The second kappa shape index (κ2) is 6.67. The first-order valence-electron chi connectivity index (χ1n) is 3.72. The summed E-state index contributed by atoms with van der Waals surface area (Å²) in [7, 11) is 0. The van der Waals surface area contributed by atoms with Crippen LogP contribution in [0.4, 0.5) is 4.79 Å². The van der Waals surface area contributed by atoms with Gasteiger partial charge in [-0.3, -0.25) is 0 Å². The van der Waals surface area contributed by atoms with Crippen LogP contribution in [0.25, 0.3) is 0 Å². The van der Waals surface area contributed by atoms with Gasteiger partial charge >= 0.3 is 6.16 Å². The van der Waals surface area contributed by atoms with Gasteiger partial charge in [-0.15, -0.1) is 0 Å². The van der Waals surface area contributed by atoms with E-state index < -0.39 is 6.16 Å². The molecule has 0 radical (unpaired) electrons. The van der Waals surface area contributed by atoms with Crippen molar-refractivity contribution < 1.29 is 19.0 Å². The van der Waals surface area contributed by atoms with Gasteiger partial charge in [-0.2, -0.15) is 0 Å². The molecular weight excluding hydrogens is 160 g/mol. The molecule has 0 bridgehead atoms. The number of ether oxygens (including phenoxy) is 3. The second-order valence-electron chi connectivity index (χ2n) is 2.30. The second-order valence-corrected chi connectivity index (χ2v) is 2.30. The summed E-state index contributed by atoms with van der Waals surface area (Å²) in [5, 5.41) is 0. The Hall–Kier alpha value is -1.03. The van der Waals surface area contributed by atoms with Crippen molar-refractivity contribution in [3.63, 3.8) is 0 Å². The van der Waals surface area contributed by atoms with Crippen LogP contribution in [0.5, 0.6) is 0 Å². The van der Waals surface area contributed by atoms with Crippen LogP contribution in [0.2, 0.25) is 0 Å². The number of carbonyl (C=O) groups excluding carboxylic acids is 1. The van der Waals surface area contributed by atoms with Crippen molar-refractivity contribution in [2.45, 2.75) is 20.0 Å². The first-order chi connectivity index (χ1) is 5.66. The molecule has 0 atom stereocenters. The first-order valence-corrected chi connectivity index (χ1v) is 3.72. The molecule has 4 nitrogen and oxygen atoms in total. The maximum absolute atomic E-state index is 10.5. The van der Waals surface area contributed by atoms with Gasteiger partial charge < -0.3 is 14.2 Å². The fraction of sp³-hybridized carbons (Fsp3) is 0.625. The quantitative estimate of drug-likeness (QED) is 0.361. The maximum atomic E-state index is 10.5. The first kappa shape index (κ1) is 11.0. The van der Waals surface area contributed by atoms with Crippen molar-refractivity contribution in [2.24, 2.45) is 0 Å². The molecule has 0 aliphatic rings. The SMILES string of the molecule is C=COC(=O)OCCOC(C)C. The zero-order chi connectivity index (χ0) is 9.40. The van der Waals surface area contributed by atoms with Gasteiger partial charge in [0.25, 0.3) is 0 Å². The van der Waals surface area contributed by atoms with Crippen LogP contribution in [0, 0.1) is 0 Å². The summed E-state index contributed by atoms with van der Waals surface area (Å²) in [5.41, 5.74) is 0. The van der Waals surface area contributed by atoms with Crippen LogP contribution in [0.15, 0.2) is 12.8 Å². The normalized spacial score (nSPS) is 9.58. The highest BCUT2D eigenvalue weighted by atomic mass is 16.7. The lowest BCUT2D eigenvalue weighted by Gasteiger charge is -2.06. The van der Waals surface area contributed by atoms with Gasteiger partial charge in [0.2, 0.25) is 0 Å². The minimum Gasteiger partial charge on any atom is -0.432 e. The van der Waals surface area contributed by atoms with E-state index in [-0.39, 0.29) is 12.7 Å². The molecule has 0 amide bonds. The van der Waals surface area contributed by atoms with E-state index in [1.54, 1.807) is 0 Å². The van der Waals surface area contributed by atoms with Crippen LogP contribution < -0.4 is 0 Å². The zero-order valence-electron chi connectivity index (χ0n) is 7.41. The topological polar surface area (TPSA) is 44.8 Å². The minimum atomic E-state index is -0.752. The summed E-state index contributed by atoms with van der Waals surface area (Å²) in [6.07, 6.45) is 0.410. The molecule has 0 spiro atoms. The monoisotopic (exact) mass is 174 g/mol. The Bertz CT molecular complexity index is 142. The van der Waals surface area contributed by atoms with Crippen molar-refractivity contribution in [1.29, 1.82) is 0 Å². The smallest absolute Gasteiger partial charge is 0.432 e. The van der Waals surface area contributed by atoms with E-state index in [2.05, 4.69) is 16.1 Å². The average molecular weight is 174 g/mol. The van der Waals surface area contributed by atoms with Crippen molar-refractivity contribution >= 4 is 6.16 Å². The molecule has 0 aliphatic heterocycles. The van der Waals surface area contributed by atoms with Crippen molar-refractivity contribution in [3.05, 3.63) is 12.8 Å². The van der Waals surface area contributed by atoms with E-state index >= 15 is 0 Å². The number of hydrogen-bond donors (Lipinski definition) is 0. The highest BCUT2D eigenvalue weighted by Gasteiger charge is 2.00. The molecule has 0 N–H and O–H groups in total. The molecule has 0 heterocycles. The molecule has 0 aromatic carbocycles. The van der Waals surface area contributed by atoms with Crippen LogP contribution in [-0.4, -0.2) is 25.5 Å². The van der Waals surface area contributed by atoms with Crippen LogP contribution in [-0.2, 0) is 14.2 Å². The molecule has 0 aliphatic carbocycles. The molecule has 0 fully saturated rings. The molecule has 0 unspecified atom stereocenters. The Morgan fingerprint density at radius 3 is 2.67 bits per heavy atom. The third kappa shape index (κ3) is 7.08. The summed E-state index contributed by atoms with van der Waals surface area (Å²) in [6, 6.07) is 0. The van der Waals surface area contributed by atoms with Crippen LogP contribution >= 0.6 is 0 Å². The summed E-state index contributed by atoms with van der Waals surface area (Å²) in [6.45, 7) is 7.59. The number of hydrogen-bond acceptors (Lipinski definition) is 4. The molecule has 0 aromatic rings. The fourth-order valence-electron chi connectivity index (χ4n) is 0.511. The van der Waals surface area contributed by atoms with Gasteiger partial charge in [-0.1, -0.05) is 6.58 Å². The van der Waals surface area contributed by atoms with Gasteiger partial charge in [-0.25, -0.2) is 4.79 Å². The van der Waals surface area contributed by atoms with Gasteiger partial charge in [0.05, 0.1) is 19.0 Å². The lowest BCUT2D eigenvalue weighted by Crippen LogP contribution is -2.12.